The Morgan fingerprint density at radius 3 is 2.58 bits per heavy atom. The molecule has 33 heavy (non-hydrogen) atoms. The third-order valence-corrected chi connectivity index (χ3v) is 6.56. The van der Waals surface area contributed by atoms with Crippen molar-refractivity contribution in [3.63, 3.8) is 0 Å². The van der Waals surface area contributed by atoms with Crippen LogP contribution in [0.4, 0.5) is 5.69 Å². The summed E-state index contributed by atoms with van der Waals surface area (Å²) in [5.41, 5.74) is -0.144. The van der Waals surface area contributed by atoms with Crippen LogP contribution in [0.25, 0.3) is 0 Å². The van der Waals surface area contributed by atoms with Crippen LogP contribution in [0.3, 0.4) is 0 Å². The third-order valence-electron chi connectivity index (χ3n) is 5.99. The summed E-state index contributed by atoms with van der Waals surface area (Å²) in [6.45, 7) is 1.45. The van der Waals surface area contributed by atoms with Crippen molar-refractivity contribution < 1.29 is 19.3 Å². The van der Waals surface area contributed by atoms with Crippen LogP contribution < -0.4 is 0 Å². The van der Waals surface area contributed by atoms with E-state index in [1.54, 1.807) is 12.1 Å². The fourth-order valence-electron chi connectivity index (χ4n) is 4.38. The number of amides is 3. The molecule has 1 aliphatic heterocycles. The molecule has 0 unspecified atom stereocenters. The van der Waals surface area contributed by atoms with Crippen LogP contribution in [0, 0.1) is 27.9 Å². The van der Waals surface area contributed by atoms with Gasteiger partial charge in [0.1, 0.15) is 0 Å². The molecule has 1 heterocycles. The van der Waals surface area contributed by atoms with Crippen molar-refractivity contribution in [2.45, 2.75) is 19.9 Å². The quantitative estimate of drug-likeness (QED) is 0.264. The van der Waals surface area contributed by atoms with E-state index >= 15 is 0 Å². The molecule has 3 atom stereocenters. The lowest BCUT2D eigenvalue weighted by Gasteiger charge is -2.31. The lowest BCUT2D eigenvalue weighted by Crippen LogP contribution is -2.50. The van der Waals surface area contributed by atoms with Crippen LogP contribution in [0.15, 0.2) is 54.6 Å². The molecule has 1 fully saturated rings. The Hall–Kier alpha value is -3.23. The van der Waals surface area contributed by atoms with Crippen LogP contribution in [-0.2, 0) is 16.1 Å². The van der Waals surface area contributed by atoms with Crippen molar-refractivity contribution in [2.24, 2.45) is 17.8 Å². The van der Waals surface area contributed by atoms with Gasteiger partial charge in [-0.2, -0.15) is 5.01 Å². The molecule has 0 radical (unpaired) electrons. The van der Waals surface area contributed by atoms with Crippen molar-refractivity contribution in [3.8, 4) is 0 Å². The number of hydrogen-bond donors (Lipinski definition) is 0. The number of benzene rings is 2. The fraction of sp³-hybridized carbons (Fsp3) is 0.261. The Bertz CT molecular complexity index is 1200. The Morgan fingerprint density at radius 2 is 1.91 bits per heavy atom. The van der Waals surface area contributed by atoms with Crippen molar-refractivity contribution in [2.75, 3.05) is 0 Å². The summed E-state index contributed by atoms with van der Waals surface area (Å²) in [5.74, 6) is -3.14. The third kappa shape index (κ3) is 4.12. The number of nitro groups is 1. The van der Waals surface area contributed by atoms with Gasteiger partial charge in [0.15, 0.2) is 0 Å². The molecule has 2 aliphatic rings. The first-order valence-electron chi connectivity index (χ1n) is 10.2. The molecule has 2 aromatic rings. The Balaban J connectivity index is 1.80. The molecule has 1 aliphatic carbocycles. The van der Waals surface area contributed by atoms with E-state index in [0.29, 0.717) is 6.42 Å². The van der Waals surface area contributed by atoms with E-state index in [-0.39, 0.29) is 32.8 Å². The maximum Gasteiger partial charge on any atom is 0.275 e. The van der Waals surface area contributed by atoms with E-state index in [2.05, 4.69) is 0 Å². The normalized spacial score (nSPS) is 21.8. The zero-order valence-electron chi connectivity index (χ0n) is 17.5. The molecule has 0 N–H and O–H groups in total. The average molecular weight is 488 g/mol. The van der Waals surface area contributed by atoms with Gasteiger partial charge in [0, 0.05) is 11.1 Å². The first kappa shape index (κ1) is 22.9. The second kappa shape index (κ2) is 8.96. The standard InChI is InChI=1S/C23H19Cl2N3O5/c1-13-5-4-7-17-20(13)23(31)27(22(17)30)26(21(29)16-6-2-3-8-18(16)25)12-14-9-10-15(24)11-19(14)28(32)33/h2-6,8-11,13,17,20H,7,12H2,1H3/t13-,17-,20-/m1/s1. The number of imide groups is 1. The number of carbonyl (C=O) groups is 3. The highest BCUT2D eigenvalue weighted by Crippen LogP contribution is 2.40. The minimum absolute atomic E-state index is 0.0671. The molecule has 8 nitrogen and oxygen atoms in total. The molecule has 0 aromatic heterocycles. The molecular formula is C23H19Cl2N3O5. The van der Waals surface area contributed by atoms with Gasteiger partial charge in [-0.05, 0) is 36.6 Å². The fourth-order valence-corrected chi connectivity index (χ4v) is 4.76. The molecule has 1 saturated heterocycles. The number of allylic oxidation sites excluding steroid dienone is 2. The van der Waals surface area contributed by atoms with E-state index in [4.69, 9.17) is 23.2 Å². The highest BCUT2D eigenvalue weighted by atomic mass is 35.5. The summed E-state index contributed by atoms with van der Waals surface area (Å²) in [4.78, 5) is 51.2. The molecule has 4 rings (SSSR count). The summed E-state index contributed by atoms with van der Waals surface area (Å²) in [6, 6.07) is 10.2. The van der Waals surface area contributed by atoms with Gasteiger partial charge in [-0.15, -0.1) is 0 Å². The molecule has 0 saturated carbocycles. The van der Waals surface area contributed by atoms with E-state index in [0.717, 1.165) is 16.1 Å². The Labute approximate surface area is 199 Å². The Morgan fingerprint density at radius 1 is 1.18 bits per heavy atom. The van der Waals surface area contributed by atoms with E-state index < -0.39 is 41.0 Å². The maximum absolute atomic E-state index is 13.6. The topological polar surface area (TPSA) is 101 Å². The molecular weight excluding hydrogens is 469 g/mol. The second-order valence-corrected chi connectivity index (χ2v) is 8.86. The van der Waals surface area contributed by atoms with Gasteiger partial charge in [0.2, 0.25) is 0 Å². The highest BCUT2D eigenvalue weighted by molar-refractivity contribution is 6.34. The molecule has 10 heteroatoms. The number of nitrogens with zero attached hydrogens (tertiary/aromatic N) is 3. The van der Waals surface area contributed by atoms with Crippen LogP contribution >= 0.6 is 23.2 Å². The summed E-state index contributed by atoms with van der Waals surface area (Å²) < 4.78 is 0. The van der Waals surface area contributed by atoms with Crippen LogP contribution in [-0.4, -0.2) is 32.7 Å². The second-order valence-electron chi connectivity index (χ2n) is 8.02. The van der Waals surface area contributed by atoms with Gasteiger partial charge in [-0.25, -0.2) is 5.01 Å². The summed E-state index contributed by atoms with van der Waals surface area (Å²) in [7, 11) is 0. The first-order chi connectivity index (χ1) is 15.7. The van der Waals surface area contributed by atoms with Crippen molar-refractivity contribution in [3.05, 3.63) is 85.9 Å². The smallest absolute Gasteiger partial charge is 0.272 e. The predicted molar refractivity (Wildman–Crippen MR) is 121 cm³/mol. The van der Waals surface area contributed by atoms with E-state index in [1.807, 2.05) is 19.1 Å². The number of rotatable bonds is 5. The van der Waals surface area contributed by atoms with E-state index in [9.17, 15) is 24.5 Å². The van der Waals surface area contributed by atoms with Gasteiger partial charge in [-0.3, -0.25) is 24.5 Å². The lowest BCUT2D eigenvalue weighted by molar-refractivity contribution is -0.385. The van der Waals surface area contributed by atoms with Gasteiger partial charge < -0.3 is 0 Å². The van der Waals surface area contributed by atoms with Crippen LogP contribution in [0.2, 0.25) is 10.0 Å². The number of hydrogen-bond acceptors (Lipinski definition) is 5. The predicted octanol–water partition coefficient (Wildman–Crippen LogP) is 4.66. The zero-order valence-corrected chi connectivity index (χ0v) is 19.0. The molecule has 2 aromatic carbocycles. The lowest BCUT2D eigenvalue weighted by atomic mass is 9.78. The molecule has 0 bridgehead atoms. The van der Waals surface area contributed by atoms with Gasteiger partial charge >= 0.3 is 0 Å². The SMILES string of the molecule is C[C@@H]1C=CC[C@H]2C(=O)N(N(Cc3ccc(Cl)cc3[N+](=O)[O-])C(=O)c3ccccc3Cl)C(=O)[C@H]12. The zero-order chi connectivity index (χ0) is 23.9. The monoisotopic (exact) mass is 487 g/mol. The van der Waals surface area contributed by atoms with Crippen molar-refractivity contribution >= 4 is 46.6 Å². The maximum atomic E-state index is 13.6. The summed E-state index contributed by atoms with van der Waals surface area (Å²) in [5, 5.41) is 13.7. The van der Waals surface area contributed by atoms with Crippen molar-refractivity contribution in [1.29, 1.82) is 0 Å². The van der Waals surface area contributed by atoms with Gasteiger partial charge in [0.05, 0.1) is 39.5 Å². The minimum Gasteiger partial charge on any atom is -0.272 e. The molecule has 170 valence electrons. The number of nitro benzene ring substituents is 1. The van der Waals surface area contributed by atoms with Crippen LogP contribution in [0.5, 0.6) is 0 Å². The summed E-state index contributed by atoms with van der Waals surface area (Å²) in [6.07, 6.45) is 4.11. The summed E-state index contributed by atoms with van der Waals surface area (Å²) >= 11 is 12.1. The van der Waals surface area contributed by atoms with Gasteiger partial charge in [-0.1, -0.05) is 54.4 Å². The number of carbonyl (C=O) groups excluding carboxylic acids is 3. The molecule has 3 amide bonds. The first-order valence-corrected chi connectivity index (χ1v) is 11.0. The number of hydrazine groups is 1. The highest BCUT2D eigenvalue weighted by Gasteiger charge is 2.53. The van der Waals surface area contributed by atoms with Crippen LogP contribution in [0.1, 0.15) is 29.3 Å². The van der Waals surface area contributed by atoms with Crippen molar-refractivity contribution in [1.82, 2.24) is 10.0 Å². The Kier molecular flexibility index (Phi) is 6.23. The molecule has 0 spiro atoms. The number of halogens is 2. The average Bonchev–Trinajstić information content (AvgIpc) is 3.04. The largest absolute Gasteiger partial charge is 0.275 e. The van der Waals surface area contributed by atoms with E-state index in [1.165, 1.54) is 24.3 Å². The minimum atomic E-state index is -0.717. The van der Waals surface area contributed by atoms with Gasteiger partial charge in [0.25, 0.3) is 23.4 Å². The number of fused-ring (bicyclic) bond motifs is 1.